The van der Waals surface area contributed by atoms with E-state index in [-0.39, 0.29) is 0 Å². The average Bonchev–Trinajstić information content (AvgIpc) is 2.73. The van der Waals surface area contributed by atoms with Crippen molar-refractivity contribution in [2.75, 3.05) is 5.32 Å². The number of hydrogen-bond donors (Lipinski definition) is 2. The summed E-state index contributed by atoms with van der Waals surface area (Å²) in [6.45, 7) is 2.61. The van der Waals surface area contributed by atoms with Crippen molar-refractivity contribution in [1.82, 2.24) is 15.2 Å². The molecule has 0 saturated heterocycles. The fourth-order valence-corrected chi connectivity index (χ4v) is 2.20. The molecule has 0 amide bonds. The molecule has 0 aliphatic rings. The van der Waals surface area contributed by atoms with Gasteiger partial charge >= 0.3 is 0 Å². The lowest BCUT2D eigenvalue weighted by Gasteiger charge is -2.06. The molecule has 3 N–H and O–H groups in total. The van der Waals surface area contributed by atoms with E-state index in [0.29, 0.717) is 22.9 Å². The van der Waals surface area contributed by atoms with Gasteiger partial charge in [-0.1, -0.05) is 12.2 Å². The summed E-state index contributed by atoms with van der Waals surface area (Å²) in [5, 5.41) is 11.9. The van der Waals surface area contributed by atoms with Crippen LogP contribution in [0.5, 0.6) is 0 Å². The molecule has 2 aromatic rings. The summed E-state index contributed by atoms with van der Waals surface area (Å²) in [6, 6.07) is 1.74. The lowest BCUT2D eigenvalue weighted by molar-refractivity contribution is 0.990. The van der Waals surface area contributed by atoms with Gasteiger partial charge in [0, 0.05) is 11.1 Å². The van der Waals surface area contributed by atoms with Crippen LogP contribution in [0.3, 0.4) is 0 Å². The number of aryl methyl sites for hydroxylation is 1. The van der Waals surface area contributed by atoms with Gasteiger partial charge in [-0.25, -0.2) is 4.98 Å². The number of aromatic nitrogens is 3. The molecule has 0 atom stereocenters. The second kappa shape index (κ2) is 5.15. The zero-order chi connectivity index (χ0) is 12.3. The van der Waals surface area contributed by atoms with E-state index in [9.17, 15) is 0 Å². The van der Waals surface area contributed by atoms with Gasteiger partial charge in [0.05, 0.1) is 18.3 Å². The number of thiazole rings is 1. The first-order valence-corrected chi connectivity index (χ1v) is 6.16. The van der Waals surface area contributed by atoms with Gasteiger partial charge in [-0.2, -0.15) is 5.10 Å². The van der Waals surface area contributed by atoms with Crippen molar-refractivity contribution < 1.29 is 0 Å². The first kappa shape index (κ1) is 11.9. The van der Waals surface area contributed by atoms with Crippen molar-refractivity contribution in [1.29, 1.82) is 0 Å². The Morgan fingerprint density at radius 2 is 2.41 bits per heavy atom. The molecule has 2 heterocycles. The van der Waals surface area contributed by atoms with Crippen molar-refractivity contribution >= 4 is 34.4 Å². The predicted octanol–water partition coefficient (Wildman–Crippen LogP) is 1.49. The van der Waals surface area contributed by atoms with E-state index in [0.717, 1.165) is 5.01 Å². The summed E-state index contributed by atoms with van der Waals surface area (Å²) in [5.74, 6) is 0.591. The SMILES string of the molecule is Cc1cnc(CNc2nnccc2C(N)=S)s1. The van der Waals surface area contributed by atoms with Crippen LogP contribution in [0, 0.1) is 6.92 Å². The quantitative estimate of drug-likeness (QED) is 0.816. The summed E-state index contributed by atoms with van der Waals surface area (Å²) in [4.78, 5) is 5.73. The highest BCUT2D eigenvalue weighted by Crippen LogP contribution is 2.15. The molecule has 0 aliphatic carbocycles. The van der Waals surface area contributed by atoms with Crippen molar-refractivity contribution in [3.05, 3.63) is 33.9 Å². The van der Waals surface area contributed by atoms with Crippen LogP contribution in [0.1, 0.15) is 15.4 Å². The number of hydrogen-bond acceptors (Lipinski definition) is 6. The Balaban J connectivity index is 2.11. The molecule has 7 heteroatoms. The molecule has 0 fully saturated rings. The monoisotopic (exact) mass is 265 g/mol. The Morgan fingerprint density at radius 1 is 1.59 bits per heavy atom. The van der Waals surface area contributed by atoms with Crippen molar-refractivity contribution in [3.63, 3.8) is 0 Å². The summed E-state index contributed by atoms with van der Waals surface area (Å²) in [5.41, 5.74) is 6.30. The molecule has 5 nitrogen and oxygen atoms in total. The van der Waals surface area contributed by atoms with Crippen LogP contribution in [-0.4, -0.2) is 20.2 Å². The molecule has 0 bridgehead atoms. The number of rotatable bonds is 4. The maximum absolute atomic E-state index is 5.60. The molecule has 0 saturated carbocycles. The first-order chi connectivity index (χ1) is 8.16. The van der Waals surface area contributed by atoms with Crippen LogP contribution in [0.25, 0.3) is 0 Å². The van der Waals surface area contributed by atoms with Gasteiger partial charge in [-0.05, 0) is 13.0 Å². The van der Waals surface area contributed by atoms with Gasteiger partial charge < -0.3 is 11.1 Å². The topological polar surface area (TPSA) is 76.7 Å². The molecule has 17 heavy (non-hydrogen) atoms. The molecule has 0 spiro atoms. The van der Waals surface area contributed by atoms with Crippen LogP contribution in [-0.2, 0) is 6.54 Å². The van der Waals surface area contributed by atoms with Crippen LogP contribution in [0.2, 0.25) is 0 Å². The fraction of sp³-hybridized carbons (Fsp3) is 0.200. The Labute approximate surface area is 108 Å². The van der Waals surface area contributed by atoms with E-state index in [2.05, 4.69) is 20.5 Å². The average molecular weight is 265 g/mol. The zero-order valence-corrected chi connectivity index (χ0v) is 10.8. The van der Waals surface area contributed by atoms with Gasteiger partial charge in [0.1, 0.15) is 10.00 Å². The smallest absolute Gasteiger partial charge is 0.159 e. The standard InChI is InChI=1S/C10H11N5S2/c1-6-4-12-8(17-6)5-13-10-7(9(11)16)2-3-14-15-10/h2-4H,5H2,1H3,(H2,11,16)(H,13,15). The fourth-order valence-electron chi connectivity index (χ4n) is 1.30. The normalized spacial score (nSPS) is 10.2. The van der Waals surface area contributed by atoms with Crippen molar-refractivity contribution in [2.45, 2.75) is 13.5 Å². The third-order valence-electron chi connectivity index (χ3n) is 2.06. The molecular formula is C10H11N5S2. The van der Waals surface area contributed by atoms with E-state index in [4.69, 9.17) is 18.0 Å². The van der Waals surface area contributed by atoms with Gasteiger partial charge in [-0.3, -0.25) is 0 Å². The van der Waals surface area contributed by atoms with E-state index in [1.165, 1.54) is 4.88 Å². The van der Waals surface area contributed by atoms with E-state index in [1.54, 1.807) is 23.6 Å². The second-order valence-corrected chi connectivity index (χ2v) is 5.14. The molecule has 0 aliphatic heterocycles. The minimum absolute atomic E-state index is 0.303. The van der Waals surface area contributed by atoms with Crippen molar-refractivity contribution in [2.24, 2.45) is 5.73 Å². The van der Waals surface area contributed by atoms with Gasteiger partial charge in [-0.15, -0.1) is 16.4 Å². The second-order valence-electron chi connectivity index (χ2n) is 3.38. The summed E-state index contributed by atoms with van der Waals surface area (Å²) in [6.07, 6.45) is 3.40. The summed E-state index contributed by atoms with van der Waals surface area (Å²) in [7, 11) is 0. The summed E-state index contributed by atoms with van der Waals surface area (Å²) < 4.78 is 0. The van der Waals surface area contributed by atoms with Gasteiger partial charge in [0.15, 0.2) is 5.82 Å². The summed E-state index contributed by atoms with van der Waals surface area (Å²) >= 11 is 6.58. The Hall–Kier alpha value is -1.60. The number of thiocarbonyl (C=S) groups is 1. The largest absolute Gasteiger partial charge is 0.389 e. The lowest BCUT2D eigenvalue weighted by atomic mass is 10.3. The molecule has 0 aromatic carbocycles. The van der Waals surface area contributed by atoms with Crippen LogP contribution >= 0.6 is 23.6 Å². The maximum atomic E-state index is 5.60. The van der Waals surface area contributed by atoms with Crippen LogP contribution in [0.4, 0.5) is 5.82 Å². The zero-order valence-electron chi connectivity index (χ0n) is 9.17. The molecular weight excluding hydrogens is 254 g/mol. The minimum atomic E-state index is 0.303. The third kappa shape index (κ3) is 2.95. The van der Waals surface area contributed by atoms with Crippen LogP contribution < -0.4 is 11.1 Å². The number of anilines is 1. The van der Waals surface area contributed by atoms with E-state index < -0.39 is 0 Å². The highest BCUT2D eigenvalue weighted by atomic mass is 32.1. The number of nitrogens with one attached hydrogen (secondary N) is 1. The lowest BCUT2D eigenvalue weighted by Crippen LogP contribution is -2.14. The molecule has 0 radical (unpaired) electrons. The van der Waals surface area contributed by atoms with Crippen molar-refractivity contribution in [3.8, 4) is 0 Å². The van der Waals surface area contributed by atoms with Crippen LogP contribution in [0.15, 0.2) is 18.5 Å². The minimum Gasteiger partial charge on any atom is -0.389 e. The molecule has 2 aromatic heterocycles. The van der Waals surface area contributed by atoms with E-state index in [1.807, 2.05) is 13.1 Å². The first-order valence-electron chi connectivity index (χ1n) is 4.93. The maximum Gasteiger partial charge on any atom is 0.159 e. The Kier molecular flexibility index (Phi) is 3.60. The van der Waals surface area contributed by atoms with E-state index >= 15 is 0 Å². The Bertz CT molecular complexity index is 537. The van der Waals surface area contributed by atoms with Gasteiger partial charge in [0.2, 0.25) is 0 Å². The highest BCUT2D eigenvalue weighted by Gasteiger charge is 2.07. The third-order valence-corrected chi connectivity index (χ3v) is 3.20. The predicted molar refractivity (Wildman–Crippen MR) is 72.1 cm³/mol. The number of nitrogens with zero attached hydrogens (tertiary/aromatic N) is 3. The molecule has 2 rings (SSSR count). The number of nitrogens with two attached hydrogens (primary N) is 1. The Morgan fingerprint density at radius 3 is 3.06 bits per heavy atom. The van der Waals surface area contributed by atoms with Gasteiger partial charge in [0.25, 0.3) is 0 Å². The highest BCUT2D eigenvalue weighted by molar-refractivity contribution is 7.80. The molecule has 0 unspecified atom stereocenters. The molecule has 88 valence electrons.